The van der Waals surface area contributed by atoms with Crippen molar-refractivity contribution in [3.8, 4) is 5.75 Å². The monoisotopic (exact) mass is 456 g/mol. The zero-order chi connectivity index (χ0) is 24.6. The second-order valence-corrected chi connectivity index (χ2v) is 10.4. The van der Waals surface area contributed by atoms with Gasteiger partial charge in [0.05, 0.1) is 18.0 Å². The summed E-state index contributed by atoms with van der Waals surface area (Å²) in [5.74, 6) is 1.45. The predicted molar refractivity (Wildman–Crippen MR) is 131 cm³/mol. The third-order valence-electron chi connectivity index (χ3n) is 7.04. The third-order valence-corrected chi connectivity index (χ3v) is 7.04. The van der Waals surface area contributed by atoms with Crippen LogP contribution in [-0.4, -0.2) is 40.4 Å². The van der Waals surface area contributed by atoms with E-state index in [2.05, 4.69) is 31.1 Å². The number of carbonyl (C=O) groups excluding carboxylic acids is 2. The smallest absolute Gasteiger partial charge is 0.231 e. The number of rotatable bonds is 5. The maximum absolute atomic E-state index is 13.1. The van der Waals surface area contributed by atoms with Gasteiger partial charge in [-0.25, -0.2) is 4.99 Å². The molecule has 1 aliphatic carbocycles. The van der Waals surface area contributed by atoms with E-state index >= 15 is 0 Å². The molecular weight excluding hydrogens is 416 g/mol. The second kappa shape index (κ2) is 9.35. The van der Waals surface area contributed by atoms with Gasteiger partial charge in [-0.15, -0.1) is 0 Å². The molecule has 33 heavy (non-hydrogen) atoms. The molecule has 182 valence electrons. The van der Waals surface area contributed by atoms with Crippen molar-refractivity contribution < 1.29 is 14.3 Å². The largest absolute Gasteiger partial charge is 0.487 e. The molecule has 2 unspecified atom stereocenters. The van der Waals surface area contributed by atoms with Gasteiger partial charge in [-0.1, -0.05) is 45.9 Å². The van der Waals surface area contributed by atoms with Crippen LogP contribution in [-0.2, 0) is 9.59 Å². The van der Waals surface area contributed by atoms with Crippen molar-refractivity contribution in [2.24, 2.45) is 28.5 Å². The molecular formula is C26H40N4O3. The molecule has 0 saturated heterocycles. The Labute approximate surface area is 198 Å². The molecule has 7 nitrogen and oxygen atoms in total. The molecule has 0 bridgehead atoms. The molecule has 1 fully saturated rings. The van der Waals surface area contributed by atoms with Gasteiger partial charge in [0.15, 0.2) is 5.96 Å². The number of nitrogens with two attached hydrogens (primary N) is 1. The van der Waals surface area contributed by atoms with Crippen molar-refractivity contribution in [1.82, 2.24) is 10.2 Å². The van der Waals surface area contributed by atoms with Crippen LogP contribution >= 0.6 is 0 Å². The Balaban J connectivity index is 0.00000149. The molecule has 4 atom stereocenters. The zero-order valence-electron chi connectivity index (χ0n) is 21.1. The van der Waals surface area contributed by atoms with Crippen LogP contribution in [0.5, 0.6) is 5.75 Å². The van der Waals surface area contributed by atoms with E-state index in [-0.39, 0.29) is 41.3 Å². The van der Waals surface area contributed by atoms with Crippen LogP contribution in [0.2, 0.25) is 0 Å². The number of ether oxygens (including phenoxy) is 1. The number of hydrogen-bond acceptors (Lipinski definition) is 5. The number of benzene rings is 1. The van der Waals surface area contributed by atoms with Crippen LogP contribution in [0.15, 0.2) is 29.3 Å². The first-order valence-corrected chi connectivity index (χ1v) is 12.2. The van der Waals surface area contributed by atoms with E-state index < -0.39 is 5.54 Å². The lowest BCUT2D eigenvalue weighted by Crippen LogP contribution is -2.50. The van der Waals surface area contributed by atoms with Gasteiger partial charge in [-0.05, 0) is 45.1 Å². The highest BCUT2D eigenvalue weighted by molar-refractivity contribution is 5.99. The lowest BCUT2D eigenvalue weighted by molar-refractivity contribution is -0.130. The Morgan fingerprint density at radius 2 is 1.94 bits per heavy atom. The van der Waals surface area contributed by atoms with E-state index in [1.165, 1.54) is 0 Å². The highest BCUT2D eigenvalue weighted by Gasteiger charge is 2.48. The first kappa shape index (κ1) is 25.1. The van der Waals surface area contributed by atoms with E-state index in [0.29, 0.717) is 18.9 Å². The minimum absolute atomic E-state index is 0.0189. The molecule has 2 heterocycles. The fraction of sp³-hybridized carbons (Fsp3) is 0.654. The quantitative estimate of drug-likeness (QED) is 0.699. The van der Waals surface area contributed by atoms with Crippen LogP contribution in [0.3, 0.4) is 0 Å². The Kier molecular flexibility index (Phi) is 7.10. The highest BCUT2D eigenvalue weighted by atomic mass is 16.5. The molecule has 3 N–H and O–H groups in total. The van der Waals surface area contributed by atoms with Crippen molar-refractivity contribution in [1.29, 1.82) is 0 Å². The number of guanidine groups is 1. The Morgan fingerprint density at radius 1 is 1.27 bits per heavy atom. The number of amides is 2. The van der Waals surface area contributed by atoms with E-state index in [4.69, 9.17) is 10.5 Å². The van der Waals surface area contributed by atoms with Gasteiger partial charge in [-0.3, -0.25) is 14.5 Å². The van der Waals surface area contributed by atoms with Crippen LogP contribution in [0.4, 0.5) is 0 Å². The standard InChI is InChI=1S/C24H34N4O3.C2H6/c1-14(2)24(5)11-18(16-8-6-7-9-19(16)31-24)26-21(30)17-10-15(17)13-28-20(29)12-23(3,4)27-22(28)25;1-2/h6-9,14-15,17-18H,10-13H2,1-5H3,(H2,25,27)(H,26,30);1-2H3/t15-,17?,18+,24?;/m1./s1. The minimum atomic E-state index is -0.461. The first-order chi connectivity index (χ1) is 15.5. The molecule has 1 saturated carbocycles. The number of nitrogens with one attached hydrogen (secondary N) is 1. The van der Waals surface area contributed by atoms with Gasteiger partial charge in [0.2, 0.25) is 11.8 Å². The zero-order valence-corrected chi connectivity index (χ0v) is 21.1. The third kappa shape index (κ3) is 5.33. The molecule has 1 aromatic rings. The van der Waals surface area contributed by atoms with Gasteiger partial charge in [-0.2, -0.15) is 0 Å². The van der Waals surface area contributed by atoms with Crippen molar-refractivity contribution >= 4 is 17.8 Å². The lowest BCUT2D eigenvalue weighted by Gasteiger charge is -2.42. The minimum Gasteiger partial charge on any atom is -0.487 e. The lowest BCUT2D eigenvalue weighted by atomic mass is 9.81. The van der Waals surface area contributed by atoms with Crippen LogP contribution < -0.4 is 15.8 Å². The summed E-state index contributed by atoms with van der Waals surface area (Å²) in [6.45, 7) is 14.7. The second-order valence-electron chi connectivity index (χ2n) is 10.4. The molecule has 2 aliphatic heterocycles. The van der Waals surface area contributed by atoms with Gasteiger partial charge < -0.3 is 15.8 Å². The number of para-hydroxylation sites is 1. The number of aliphatic imine (C=N–C) groups is 1. The summed E-state index contributed by atoms with van der Waals surface area (Å²) < 4.78 is 6.31. The number of fused-ring (bicyclic) bond motifs is 1. The Bertz CT molecular complexity index is 926. The summed E-state index contributed by atoms with van der Waals surface area (Å²) in [4.78, 5) is 31.5. The average molecular weight is 457 g/mol. The normalized spacial score (nSPS) is 29.8. The number of hydrogen-bond donors (Lipinski definition) is 2. The Morgan fingerprint density at radius 3 is 2.58 bits per heavy atom. The summed E-state index contributed by atoms with van der Waals surface area (Å²) in [6.07, 6.45) is 1.83. The average Bonchev–Trinajstić information content (AvgIpc) is 3.51. The van der Waals surface area contributed by atoms with Crippen molar-refractivity contribution in [2.75, 3.05) is 6.54 Å². The van der Waals surface area contributed by atoms with Gasteiger partial charge >= 0.3 is 0 Å². The summed E-state index contributed by atoms with van der Waals surface area (Å²) in [7, 11) is 0. The molecule has 0 spiro atoms. The van der Waals surface area contributed by atoms with E-state index in [9.17, 15) is 9.59 Å². The maximum Gasteiger partial charge on any atom is 0.231 e. The van der Waals surface area contributed by atoms with Crippen molar-refractivity contribution in [2.45, 2.75) is 84.9 Å². The molecule has 2 amide bonds. The molecule has 3 aliphatic rings. The topological polar surface area (TPSA) is 97.0 Å². The van der Waals surface area contributed by atoms with Gasteiger partial charge in [0.1, 0.15) is 11.4 Å². The highest BCUT2D eigenvalue weighted by Crippen LogP contribution is 2.45. The summed E-state index contributed by atoms with van der Waals surface area (Å²) in [5, 5.41) is 3.27. The predicted octanol–water partition coefficient (Wildman–Crippen LogP) is 4.03. The summed E-state index contributed by atoms with van der Waals surface area (Å²) in [6, 6.07) is 7.85. The molecule has 1 aromatic carbocycles. The van der Waals surface area contributed by atoms with E-state index in [1.54, 1.807) is 4.90 Å². The van der Waals surface area contributed by atoms with Crippen molar-refractivity contribution in [3.63, 3.8) is 0 Å². The molecule has 4 rings (SSSR count). The van der Waals surface area contributed by atoms with E-state index in [0.717, 1.165) is 24.2 Å². The number of nitrogens with zero attached hydrogens (tertiary/aromatic N) is 2. The summed E-state index contributed by atoms with van der Waals surface area (Å²) in [5.41, 5.74) is 6.27. The van der Waals surface area contributed by atoms with Crippen molar-refractivity contribution in [3.05, 3.63) is 29.8 Å². The van der Waals surface area contributed by atoms with Crippen LogP contribution in [0.25, 0.3) is 0 Å². The SMILES string of the molecule is CC.CC(C)C1(C)C[C@H](NC(=O)C2C[C@@H]2CN2C(=O)CC(C)(C)N=C2N)c2ccccc2O1. The van der Waals surface area contributed by atoms with Crippen LogP contribution in [0, 0.1) is 17.8 Å². The van der Waals surface area contributed by atoms with Crippen LogP contribution in [0.1, 0.15) is 79.3 Å². The summed E-state index contributed by atoms with van der Waals surface area (Å²) >= 11 is 0. The molecule has 7 heteroatoms. The molecule has 0 radical (unpaired) electrons. The fourth-order valence-corrected chi connectivity index (χ4v) is 4.63. The number of carbonyl (C=O) groups is 2. The Hall–Kier alpha value is -2.57. The van der Waals surface area contributed by atoms with Gasteiger partial charge in [0.25, 0.3) is 0 Å². The van der Waals surface area contributed by atoms with E-state index in [1.807, 2.05) is 52.0 Å². The maximum atomic E-state index is 13.1. The van der Waals surface area contributed by atoms with Gasteiger partial charge in [0, 0.05) is 24.4 Å². The fourth-order valence-electron chi connectivity index (χ4n) is 4.63. The molecule has 0 aromatic heterocycles. The first-order valence-electron chi connectivity index (χ1n) is 12.2.